The van der Waals surface area contributed by atoms with Crippen LogP contribution in [0.1, 0.15) is 36.5 Å². The van der Waals surface area contributed by atoms with Crippen LogP contribution >= 0.6 is 0 Å². The standard InChI is InChI=1S/C17H21N5O/c1-11-4-5-14-15(8-11)20-16(19-14)10-18-17(23)9-13(3)22-7-6-12(2)21-22/h4-8,13H,9-10H2,1-3H3,(H,18,23)(H,19,20)/t13-/m0/s1. The van der Waals surface area contributed by atoms with E-state index in [0.717, 1.165) is 22.6 Å². The first-order chi connectivity index (χ1) is 11.0. The lowest BCUT2D eigenvalue weighted by atomic mass is 10.2. The molecule has 0 spiro atoms. The maximum absolute atomic E-state index is 12.1. The van der Waals surface area contributed by atoms with E-state index in [-0.39, 0.29) is 11.9 Å². The molecule has 0 saturated heterocycles. The zero-order valence-electron chi connectivity index (χ0n) is 13.6. The maximum atomic E-state index is 12.1. The molecule has 0 bridgehead atoms. The molecular formula is C17H21N5O. The predicted molar refractivity (Wildman–Crippen MR) is 89.0 cm³/mol. The van der Waals surface area contributed by atoms with Gasteiger partial charge in [0.15, 0.2) is 0 Å². The van der Waals surface area contributed by atoms with Gasteiger partial charge in [0.05, 0.1) is 29.3 Å². The van der Waals surface area contributed by atoms with Crippen LogP contribution in [0.5, 0.6) is 0 Å². The van der Waals surface area contributed by atoms with E-state index in [1.54, 1.807) is 0 Å². The molecule has 3 aromatic rings. The Morgan fingerprint density at radius 1 is 1.35 bits per heavy atom. The van der Waals surface area contributed by atoms with Crippen molar-refractivity contribution in [3.8, 4) is 0 Å². The minimum atomic E-state index is -0.0118. The van der Waals surface area contributed by atoms with E-state index in [9.17, 15) is 4.79 Å². The molecule has 1 aromatic carbocycles. The summed E-state index contributed by atoms with van der Waals surface area (Å²) in [6.45, 7) is 6.36. The highest BCUT2D eigenvalue weighted by Gasteiger charge is 2.12. The second-order valence-electron chi connectivity index (χ2n) is 5.97. The molecule has 0 unspecified atom stereocenters. The van der Waals surface area contributed by atoms with Gasteiger partial charge in [0.1, 0.15) is 5.82 Å². The Kier molecular flexibility index (Phi) is 4.14. The number of aryl methyl sites for hydroxylation is 2. The topological polar surface area (TPSA) is 75.6 Å². The second kappa shape index (κ2) is 6.24. The lowest BCUT2D eigenvalue weighted by Gasteiger charge is -2.11. The summed E-state index contributed by atoms with van der Waals surface area (Å²) in [5.41, 5.74) is 4.05. The van der Waals surface area contributed by atoms with Gasteiger partial charge in [0, 0.05) is 12.6 Å². The Balaban J connectivity index is 1.57. The number of amides is 1. The van der Waals surface area contributed by atoms with Crippen LogP contribution in [-0.4, -0.2) is 25.7 Å². The van der Waals surface area contributed by atoms with Gasteiger partial charge in [-0.25, -0.2) is 4.98 Å². The molecule has 0 saturated carbocycles. The van der Waals surface area contributed by atoms with Crippen LogP contribution in [0.3, 0.4) is 0 Å². The first-order valence-corrected chi connectivity index (χ1v) is 7.75. The Bertz CT molecular complexity index is 832. The number of benzene rings is 1. The lowest BCUT2D eigenvalue weighted by molar-refractivity contribution is -0.122. The summed E-state index contributed by atoms with van der Waals surface area (Å²) >= 11 is 0. The van der Waals surface area contributed by atoms with Gasteiger partial charge < -0.3 is 10.3 Å². The SMILES string of the molecule is Cc1ccc2nc(CNC(=O)C[C@H](C)n3ccc(C)n3)[nH]c2c1. The molecule has 0 aliphatic carbocycles. The van der Waals surface area contributed by atoms with Gasteiger partial charge in [0.25, 0.3) is 0 Å². The number of hydrogen-bond acceptors (Lipinski definition) is 3. The summed E-state index contributed by atoms with van der Waals surface area (Å²) in [6, 6.07) is 8.02. The van der Waals surface area contributed by atoms with Crippen LogP contribution in [-0.2, 0) is 11.3 Å². The molecule has 2 aromatic heterocycles. The van der Waals surface area contributed by atoms with Crippen molar-refractivity contribution in [2.75, 3.05) is 0 Å². The van der Waals surface area contributed by atoms with Crippen LogP contribution in [0.2, 0.25) is 0 Å². The first-order valence-electron chi connectivity index (χ1n) is 7.75. The maximum Gasteiger partial charge on any atom is 0.222 e. The summed E-state index contributed by atoms with van der Waals surface area (Å²) in [5.74, 6) is 0.754. The number of nitrogens with one attached hydrogen (secondary N) is 2. The summed E-state index contributed by atoms with van der Waals surface area (Å²) < 4.78 is 1.82. The summed E-state index contributed by atoms with van der Waals surface area (Å²) in [5, 5.41) is 7.25. The van der Waals surface area contributed by atoms with Crippen molar-refractivity contribution < 1.29 is 4.79 Å². The van der Waals surface area contributed by atoms with Crippen LogP contribution < -0.4 is 5.32 Å². The number of imidazole rings is 1. The Morgan fingerprint density at radius 2 is 2.17 bits per heavy atom. The molecule has 0 aliphatic rings. The number of carbonyl (C=O) groups excluding carboxylic acids is 1. The van der Waals surface area contributed by atoms with Gasteiger partial charge in [0.2, 0.25) is 5.91 Å². The van der Waals surface area contributed by atoms with E-state index in [4.69, 9.17) is 0 Å². The molecule has 1 amide bonds. The molecular weight excluding hydrogens is 290 g/mol. The van der Waals surface area contributed by atoms with E-state index in [2.05, 4.69) is 26.4 Å². The molecule has 6 heteroatoms. The highest BCUT2D eigenvalue weighted by Crippen LogP contribution is 2.13. The van der Waals surface area contributed by atoms with Crippen molar-refractivity contribution in [3.63, 3.8) is 0 Å². The normalized spacial score (nSPS) is 12.5. The van der Waals surface area contributed by atoms with E-state index >= 15 is 0 Å². The van der Waals surface area contributed by atoms with Crippen molar-refractivity contribution >= 4 is 16.9 Å². The zero-order chi connectivity index (χ0) is 16.4. The van der Waals surface area contributed by atoms with Gasteiger partial charge >= 0.3 is 0 Å². The number of aromatic amines is 1. The summed E-state index contributed by atoms with van der Waals surface area (Å²) in [7, 11) is 0. The van der Waals surface area contributed by atoms with Gasteiger partial charge in [-0.05, 0) is 44.5 Å². The molecule has 6 nitrogen and oxygen atoms in total. The summed E-state index contributed by atoms with van der Waals surface area (Å²) in [4.78, 5) is 19.8. The van der Waals surface area contributed by atoms with E-state index < -0.39 is 0 Å². The predicted octanol–water partition coefficient (Wildman–Crippen LogP) is 2.64. The molecule has 1 atom stereocenters. The van der Waals surface area contributed by atoms with Crippen molar-refractivity contribution in [1.82, 2.24) is 25.1 Å². The fourth-order valence-corrected chi connectivity index (χ4v) is 2.55. The summed E-state index contributed by atoms with van der Waals surface area (Å²) in [6.07, 6.45) is 2.29. The number of fused-ring (bicyclic) bond motifs is 1. The van der Waals surface area contributed by atoms with Crippen LogP contribution in [0.4, 0.5) is 0 Å². The Morgan fingerprint density at radius 3 is 2.91 bits per heavy atom. The fourth-order valence-electron chi connectivity index (χ4n) is 2.55. The lowest BCUT2D eigenvalue weighted by Crippen LogP contribution is -2.26. The highest BCUT2D eigenvalue weighted by atomic mass is 16.1. The smallest absolute Gasteiger partial charge is 0.222 e. The fraction of sp³-hybridized carbons (Fsp3) is 0.353. The van der Waals surface area contributed by atoms with Crippen molar-refractivity contribution in [2.45, 2.75) is 39.8 Å². The number of aromatic nitrogens is 4. The minimum Gasteiger partial charge on any atom is -0.349 e. The molecule has 2 heterocycles. The van der Waals surface area contributed by atoms with Crippen molar-refractivity contribution in [3.05, 3.63) is 47.5 Å². The second-order valence-corrected chi connectivity index (χ2v) is 5.97. The van der Waals surface area contributed by atoms with Crippen LogP contribution in [0.25, 0.3) is 11.0 Å². The van der Waals surface area contributed by atoms with Crippen LogP contribution in [0.15, 0.2) is 30.5 Å². The van der Waals surface area contributed by atoms with E-state index in [1.807, 2.05) is 49.8 Å². The third-order valence-electron chi connectivity index (χ3n) is 3.81. The third kappa shape index (κ3) is 3.59. The Labute approximate surface area is 134 Å². The van der Waals surface area contributed by atoms with E-state index in [1.165, 1.54) is 5.56 Å². The minimum absolute atomic E-state index is 0.0118. The molecule has 0 aliphatic heterocycles. The highest BCUT2D eigenvalue weighted by molar-refractivity contribution is 5.77. The number of carbonyl (C=O) groups is 1. The average molecular weight is 311 g/mol. The van der Waals surface area contributed by atoms with Gasteiger partial charge in [-0.1, -0.05) is 6.07 Å². The molecule has 3 rings (SSSR count). The number of nitrogens with zero attached hydrogens (tertiary/aromatic N) is 3. The number of rotatable bonds is 5. The third-order valence-corrected chi connectivity index (χ3v) is 3.81. The zero-order valence-corrected chi connectivity index (χ0v) is 13.6. The Hall–Kier alpha value is -2.63. The van der Waals surface area contributed by atoms with Crippen LogP contribution in [0, 0.1) is 13.8 Å². The van der Waals surface area contributed by atoms with Gasteiger partial charge in [-0.15, -0.1) is 0 Å². The first kappa shape index (κ1) is 15.3. The number of H-pyrrole nitrogens is 1. The molecule has 120 valence electrons. The van der Waals surface area contributed by atoms with E-state index in [0.29, 0.717) is 13.0 Å². The largest absolute Gasteiger partial charge is 0.349 e. The van der Waals surface area contributed by atoms with Crippen molar-refractivity contribution in [1.29, 1.82) is 0 Å². The van der Waals surface area contributed by atoms with Gasteiger partial charge in [-0.3, -0.25) is 9.48 Å². The molecule has 23 heavy (non-hydrogen) atoms. The van der Waals surface area contributed by atoms with Crippen molar-refractivity contribution in [2.24, 2.45) is 0 Å². The quantitative estimate of drug-likeness (QED) is 0.760. The van der Waals surface area contributed by atoms with Gasteiger partial charge in [-0.2, -0.15) is 5.10 Å². The number of hydrogen-bond donors (Lipinski definition) is 2. The molecule has 0 fully saturated rings. The average Bonchev–Trinajstić information content (AvgIpc) is 3.10. The molecule has 2 N–H and O–H groups in total. The monoisotopic (exact) mass is 311 g/mol. The molecule has 0 radical (unpaired) electrons.